The van der Waals surface area contributed by atoms with E-state index in [-0.39, 0.29) is 11.8 Å². The molecule has 0 radical (unpaired) electrons. The van der Waals surface area contributed by atoms with Gasteiger partial charge in [0, 0.05) is 5.41 Å². The van der Waals surface area contributed by atoms with Crippen molar-refractivity contribution >= 4 is 17.7 Å². The average molecular weight is 238 g/mol. The number of rotatable bonds is 3. The summed E-state index contributed by atoms with van der Waals surface area (Å²) in [5.74, 6) is 0.750. The fraction of sp³-hybridized carbons (Fsp3) is 0.417. The summed E-state index contributed by atoms with van der Waals surface area (Å²) >= 11 is 1.66. The summed E-state index contributed by atoms with van der Waals surface area (Å²) in [6, 6.07) is 5.95. The molecule has 16 heavy (non-hydrogen) atoms. The van der Waals surface area contributed by atoms with Crippen LogP contribution in [0.1, 0.15) is 25.8 Å². The first-order chi connectivity index (χ1) is 7.49. The molecule has 4 heteroatoms. The van der Waals surface area contributed by atoms with Crippen molar-refractivity contribution in [2.24, 2.45) is 0 Å². The molecule has 1 aromatic rings. The van der Waals surface area contributed by atoms with E-state index in [2.05, 4.69) is 0 Å². The van der Waals surface area contributed by atoms with Crippen LogP contribution in [0.5, 0.6) is 5.75 Å². The molecule has 2 rings (SSSR count). The molecule has 1 N–H and O–H groups in total. The van der Waals surface area contributed by atoms with Gasteiger partial charge in [0.2, 0.25) is 0 Å². The van der Waals surface area contributed by atoms with Gasteiger partial charge in [0.05, 0.1) is 11.3 Å². The third kappa shape index (κ3) is 2.16. The number of aliphatic carboxylic acids is 1. The highest BCUT2D eigenvalue weighted by atomic mass is 32.2. The van der Waals surface area contributed by atoms with E-state index in [0.717, 1.165) is 16.2 Å². The molecule has 1 aliphatic rings. The highest BCUT2D eigenvalue weighted by Gasteiger charge is 2.26. The van der Waals surface area contributed by atoms with Crippen LogP contribution in [0.25, 0.3) is 0 Å². The summed E-state index contributed by atoms with van der Waals surface area (Å²) in [4.78, 5) is 11.9. The zero-order valence-corrected chi connectivity index (χ0v) is 10.1. The number of fused-ring (bicyclic) bond motifs is 1. The van der Waals surface area contributed by atoms with Gasteiger partial charge in [0.1, 0.15) is 11.7 Å². The van der Waals surface area contributed by atoms with Gasteiger partial charge in [-0.1, -0.05) is 31.7 Å². The van der Waals surface area contributed by atoms with E-state index in [1.165, 1.54) is 0 Å². The molecule has 0 aliphatic carbocycles. The van der Waals surface area contributed by atoms with Gasteiger partial charge in [-0.2, -0.15) is 0 Å². The minimum absolute atomic E-state index is 0.124. The second kappa shape index (κ2) is 4.01. The Morgan fingerprint density at radius 2 is 2.31 bits per heavy atom. The topological polar surface area (TPSA) is 46.5 Å². The maximum Gasteiger partial charge on any atom is 0.304 e. The number of hydrogen-bond donors (Lipinski definition) is 1. The molecule has 1 aromatic carbocycles. The predicted molar refractivity (Wildman–Crippen MR) is 63.1 cm³/mol. The van der Waals surface area contributed by atoms with Crippen LogP contribution in [0.2, 0.25) is 0 Å². The number of carboxylic acid groups (broad SMARTS) is 1. The van der Waals surface area contributed by atoms with E-state index < -0.39 is 5.97 Å². The van der Waals surface area contributed by atoms with Crippen molar-refractivity contribution in [1.82, 2.24) is 0 Å². The molecule has 0 unspecified atom stereocenters. The molecule has 0 amide bonds. The summed E-state index contributed by atoms with van der Waals surface area (Å²) in [7, 11) is 0. The van der Waals surface area contributed by atoms with Gasteiger partial charge in [-0.25, -0.2) is 0 Å². The number of ether oxygens (including phenoxy) is 1. The minimum atomic E-state index is -0.777. The Bertz CT molecular complexity index is 426. The molecule has 1 heterocycles. The molecule has 0 atom stereocenters. The number of benzene rings is 1. The van der Waals surface area contributed by atoms with Crippen molar-refractivity contribution in [2.75, 3.05) is 5.94 Å². The van der Waals surface area contributed by atoms with Crippen LogP contribution < -0.4 is 4.74 Å². The smallest absolute Gasteiger partial charge is 0.304 e. The maximum atomic E-state index is 10.8. The summed E-state index contributed by atoms with van der Waals surface area (Å²) < 4.78 is 5.45. The SMILES string of the molecule is CC(C)(CC(=O)O)c1ccc2c(c1)OCS2. The first-order valence-corrected chi connectivity index (χ1v) is 6.09. The van der Waals surface area contributed by atoms with Crippen LogP contribution in [-0.2, 0) is 10.2 Å². The second-order valence-corrected chi connectivity index (χ2v) is 5.49. The van der Waals surface area contributed by atoms with Crippen LogP contribution in [-0.4, -0.2) is 17.0 Å². The van der Waals surface area contributed by atoms with Crippen molar-refractivity contribution in [3.63, 3.8) is 0 Å². The number of carboxylic acids is 1. The van der Waals surface area contributed by atoms with E-state index >= 15 is 0 Å². The van der Waals surface area contributed by atoms with Gasteiger partial charge in [-0.3, -0.25) is 4.79 Å². The lowest BCUT2D eigenvalue weighted by Crippen LogP contribution is -2.21. The standard InChI is InChI=1S/C12H14O3S/c1-12(2,6-11(13)14)8-3-4-10-9(5-8)15-7-16-10/h3-5H,6-7H2,1-2H3,(H,13,14). The van der Waals surface area contributed by atoms with Crippen molar-refractivity contribution in [3.05, 3.63) is 23.8 Å². The van der Waals surface area contributed by atoms with Crippen molar-refractivity contribution in [1.29, 1.82) is 0 Å². The molecule has 0 bridgehead atoms. The third-order valence-electron chi connectivity index (χ3n) is 2.75. The monoisotopic (exact) mass is 238 g/mol. The summed E-state index contributed by atoms with van der Waals surface area (Å²) in [5, 5.41) is 8.87. The summed E-state index contributed by atoms with van der Waals surface area (Å²) in [6.45, 7) is 3.87. The molecular weight excluding hydrogens is 224 g/mol. The fourth-order valence-electron chi connectivity index (χ4n) is 1.80. The van der Waals surface area contributed by atoms with E-state index in [9.17, 15) is 4.79 Å². The third-order valence-corrected chi connectivity index (χ3v) is 3.63. The van der Waals surface area contributed by atoms with Gasteiger partial charge in [-0.15, -0.1) is 0 Å². The Hall–Kier alpha value is -1.16. The Morgan fingerprint density at radius 3 is 3.00 bits per heavy atom. The lowest BCUT2D eigenvalue weighted by molar-refractivity contribution is -0.138. The highest BCUT2D eigenvalue weighted by molar-refractivity contribution is 7.99. The quantitative estimate of drug-likeness (QED) is 0.879. The van der Waals surface area contributed by atoms with Gasteiger partial charge < -0.3 is 9.84 Å². The van der Waals surface area contributed by atoms with E-state index in [4.69, 9.17) is 9.84 Å². The second-order valence-electron chi connectivity index (χ2n) is 4.52. The molecular formula is C12H14O3S. The first kappa shape index (κ1) is 11.3. The van der Waals surface area contributed by atoms with Crippen molar-refractivity contribution in [2.45, 2.75) is 30.6 Å². The molecule has 0 spiro atoms. The van der Waals surface area contributed by atoms with E-state index in [1.807, 2.05) is 32.0 Å². The number of thioether (sulfide) groups is 1. The average Bonchev–Trinajstić information content (AvgIpc) is 2.61. The largest absolute Gasteiger partial charge is 0.481 e. The number of hydrogen-bond acceptors (Lipinski definition) is 3. The fourth-order valence-corrected chi connectivity index (χ4v) is 2.53. The van der Waals surface area contributed by atoms with Crippen molar-refractivity contribution < 1.29 is 14.6 Å². The zero-order valence-electron chi connectivity index (χ0n) is 9.32. The number of carbonyl (C=O) groups is 1. The maximum absolute atomic E-state index is 10.8. The van der Waals surface area contributed by atoms with Crippen LogP contribution in [0.15, 0.2) is 23.1 Å². The first-order valence-electron chi connectivity index (χ1n) is 5.11. The summed E-state index contributed by atoms with van der Waals surface area (Å²) in [5.41, 5.74) is 0.647. The Balaban J connectivity index is 2.30. The van der Waals surface area contributed by atoms with Gasteiger partial charge in [0.25, 0.3) is 0 Å². The molecule has 0 aromatic heterocycles. The van der Waals surface area contributed by atoms with Crippen LogP contribution in [0.4, 0.5) is 0 Å². The predicted octanol–water partition coefficient (Wildman–Crippen LogP) is 2.88. The van der Waals surface area contributed by atoms with Crippen LogP contribution >= 0.6 is 11.8 Å². The van der Waals surface area contributed by atoms with E-state index in [1.54, 1.807) is 11.8 Å². The van der Waals surface area contributed by atoms with Gasteiger partial charge >= 0.3 is 5.97 Å². The molecule has 0 saturated heterocycles. The lowest BCUT2D eigenvalue weighted by Gasteiger charge is -2.23. The lowest BCUT2D eigenvalue weighted by atomic mass is 9.81. The Kier molecular flexibility index (Phi) is 2.84. The molecule has 0 saturated carbocycles. The molecule has 1 aliphatic heterocycles. The zero-order chi connectivity index (χ0) is 11.8. The van der Waals surface area contributed by atoms with Gasteiger partial charge in [0.15, 0.2) is 0 Å². The molecule has 86 valence electrons. The molecule has 3 nitrogen and oxygen atoms in total. The highest BCUT2D eigenvalue weighted by Crippen LogP contribution is 2.39. The molecule has 0 fully saturated rings. The van der Waals surface area contributed by atoms with Crippen LogP contribution in [0, 0.1) is 0 Å². The van der Waals surface area contributed by atoms with Gasteiger partial charge in [-0.05, 0) is 17.7 Å². The normalized spacial score (nSPS) is 14.4. The Morgan fingerprint density at radius 1 is 1.56 bits per heavy atom. The summed E-state index contributed by atoms with van der Waals surface area (Å²) in [6.07, 6.45) is 0.124. The van der Waals surface area contributed by atoms with Crippen LogP contribution in [0.3, 0.4) is 0 Å². The minimum Gasteiger partial charge on any atom is -0.481 e. The van der Waals surface area contributed by atoms with E-state index in [0.29, 0.717) is 5.94 Å². The van der Waals surface area contributed by atoms with Crippen molar-refractivity contribution in [3.8, 4) is 5.75 Å². The Labute approximate surface area is 98.8 Å².